The van der Waals surface area contributed by atoms with Crippen LogP contribution in [0.5, 0.6) is 5.75 Å². The third-order valence-corrected chi connectivity index (χ3v) is 5.41. The molecule has 1 unspecified atom stereocenters. The van der Waals surface area contributed by atoms with Gasteiger partial charge < -0.3 is 15.8 Å². The van der Waals surface area contributed by atoms with Crippen molar-refractivity contribution >= 4 is 23.2 Å². The number of ether oxygens (including phenoxy) is 1. The first-order chi connectivity index (χ1) is 12.6. The Kier molecular flexibility index (Phi) is 6.25. The molecule has 138 valence electrons. The van der Waals surface area contributed by atoms with E-state index in [0.717, 1.165) is 13.1 Å². The van der Waals surface area contributed by atoms with E-state index in [1.807, 2.05) is 6.07 Å². The number of likely N-dealkylation sites (tertiary alicyclic amines) is 1. The van der Waals surface area contributed by atoms with Gasteiger partial charge in [0.15, 0.2) is 6.61 Å². The second-order valence-corrected chi connectivity index (χ2v) is 7.24. The zero-order chi connectivity index (χ0) is 18.4. The average Bonchev–Trinajstić information content (AvgIpc) is 3.35. The van der Waals surface area contributed by atoms with Crippen molar-refractivity contribution in [1.82, 2.24) is 10.2 Å². The van der Waals surface area contributed by atoms with Gasteiger partial charge in [-0.05, 0) is 55.6 Å². The summed E-state index contributed by atoms with van der Waals surface area (Å²) in [6.07, 6.45) is 2.41. The average molecular weight is 373 g/mol. The first-order valence-corrected chi connectivity index (χ1v) is 9.58. The van der Waals surface area contributed by atoms with E-state index < -0.39 is 5.91 Å². The van der Waals surface area contributed by atoms with E-state index in [1.165, 1.54) is 23.8 Å². The lowest BCUT2D eigenvalue weighted by atomic mass is 10.2. The van der Waals surface area contributed by atoms with E-state index in [4.69, 9.17) is 10.5 Å². The van der Waals surface area contributed by atoms with Crippen molar-refractivity contribution in [1.29, 1.82) is 0 Å². The Hall–Kier alpha value is -2.38. The summed E-state index contributed by atoms with van der Waals surface area (Å²) in [6, 6.07) is 10.9. The minimum atomic E-state index is -0.524. The van der Waals surface area contributed by atoms with E-state index in [-0.39, 0.29) is 18.6 Å². The summed E-state index contributed by atoms with van der Waals surface area (Å²) in [5.74, 6) is -0.259. The quantitative estimate of drug-likeness (QED) is 0.743. The fourth-order valence-corrected chi connectivity index (χ4v) is 3.95. The highest BCUT2D eigenvalue weighted by Gasteiger charge is 2.24. The summed E-state index contributed by atoms with van der Waals surface area (Å²) in [6.45, 7) is 2.59. The second kappa shape index (κ2) is 8.82. The molecule has 1 saturated heterocycles. The fourth-order valence-electron chi connectivity index (χ4n) is 3.09. The SMILES string of the molecule is NC(=O)c1cccc(OCC(=O)NCC(c2cccs2)N2CCCC2)c1. The number of nitrogens with two attached hydrogens (primary N) is 1. The van der Waals surface area contributed by atoms with Crippen molar-refractivity contribution in [3.63, 3.8) is 0 Å². The minimum absolute atomic E-state index is 0.0978. The van der Waals surface area contributed by atoms with Crippen LogP contribution in [0.2, 0.25) is 0 Å². The van der Waals surface area contributed by atoms with Gasteiger partial charge in [-0.1, -0.05) is 12.1 Å². The lowest BCUT2D eigenvalue weighted by Gasteiger charge is -2.26. The Morgan fingerprint density at radius 2 is 2.04 bits per heavy atom. The maximum Gasteiger partial charge on any atom is 0.258 e. The Balaban J connectivity index is 1.52. The van der Waals surface area contributed by atoms with E-state index in [0.29, 0.717) is 17.9 Å². The van der Waals surface area contributed by atoms with Gasteiger partial charge in [0.1, 0.15) is 5.75 Å². The maximum atomic E-state index is 12.2. The molecule has 1 aromatic heterocycles. The molecule has 1 aromatic carbocycles. The Labute approximate surface area is 156 Å². The van der Waals surface area contributed by atoms with Gasteiger partial charge in [-0.2, -0.15) is 0 Å². The van der Waals surface area contributed by atoms with E-state index in [1.54, 1.807) is 29.5 Å². The van der Waals surface area contributed by atoms with Gasteiger partial charge in [-0.3, -0.25) is 14.5 Å². The molecular formula is C19H23N3O3S. The van der Waals surface area contributed by atoms with Gasteiger partial charge in [0.05, 0.1) is 6.04 Å². The van der Waals surface area contributed by atoms with Gasteiger partial charge in [0, 0.05) is 17.0 Å². The van der Waals surface area contributed by atoms with E-state index in [9.17, 15) is 9.59 Å². The number of hydrogen-bond donors (Lipinski definition) is 2. The molecule has 0 spiro atoms. The molecule has 0 saturated carbocycles. The summed E-state index contributed by atoms with van der Waals surface area (Å²) in [5.41, 5.74) is 5.60. The zero-order valence-electron chi connectivity index (χ0n) is 14.5. The maximum absolute atomic E-state index is 12.2. The molecule has 0 aliphatic carbocycles. The summed E-state index contributed by atoms with van der Waals surface area (Å²) in [7, 11) is 0. The van der Waals surface area contributed by atoms with Crippen molar-refractivity contribution in [3.05, 3.63) is 52.2 Å². The number of primary amides is 1. The lowest BCUT2D eigenvalue weighted by molar-refractivity contribution is -0.123. The first-order valence-electron chi connectivity index (χ1n) is 8.70. The highest BCUT2D eigenvalue weighted by Crippen LogP contribution is 2.27. The molecule has 7 heteroatoms. The van der Waals surface area contributed by atoms with Crippen LogP contribution in [-0.2, 0) is 4.79 Å². The van der Waals surface area contributed by atoms with Crippen LogP contribution >= 0.6 is 11.3 Å². The number of nitrogens with one attached hydrogen (secondary N) is 1. The van der Waals surface area contributed by atoms with Crippen LogP contribution in [0.1, 0.15) is 34.1 Å². The van der Waals surface area contributed by atoms with Crippen LogP contribution in [0, 0.1) is 0 Å². The Morgan fingerprint density at radius 3 is 2.73 bits per heavy atom. The summed E-state index contributed by atoms with van der Waals surface area (Å²) in [5, 5.41) is 5.03. The van der Waals surface area contributed by atoms with Crippen LogP contribution in [0.25, 0.3) is 0 Å². The normalized spacial score (nSPS) is 15.5. The molecule has 1 aliphatic heterocycles. The largest absolute Gasteiger partial charge is 0.484 e. The first kappa shape index (κ1) is 18.4. The molecule has 1 aliphatic rings. The topological polar surface area (TPSA) is 84.7 Å². The van der Waals surface area contributed by atoms with Crippen molar-refractivity contribution in [2.45, 2.75) is 18.9 Å². The number of rotatable bonds is 8. The number of hydrogen-bond acceptors (Lipinski definition) is 5. The Bertz CT molecular complexity index is 742. The minimum Gasteiger partial charge on any atom is -0.484 e. The van der Waals surface area contributed by atoms with Crippen molar-refractivity contribution in [2.75, 3.05) is 26.2 Å². The van der Waals surface area contributed by atoms with Crippen LogP contribution in [0.3, 0.4) is 0 Å². The van der Waals surface area contributed by atoms with Crippen LogP contribution < -0.4 is 15.8 Å². The van der Waals surface area contributed by atoms with Gasteiger partial charge in [0.25, 0.3) is 5.91 Å². The number of carbonyl (C=O) groups is 2. The number of benzene rings is 1. The summed E-state index contributed by atoms with van der Waals surface area (Å²) in [4.78, 5) is 27.1. The molecule has 2 amide bonds. The van der Waals surface area contributed by atoms with Gasteiger partial charge in [-0.15, -0.1) is 11.3 Å². The molecule has 2 aromatic rings. The standard InChI is InChI=1S/C19H23N3O3S/c20-19(24)14-5-3-6-15(11-14)25-13-18(23)21-12-16(17-7-4-10-26-17)22-8-1-2-9-22/h3-7,10-11,16H,1-2,8-9,12-13H2,(H2,20,24)(H,21,23). The van der Waals surface area contributed by atoms with E-state index in [2.05, 4.69) is 21.7 Å². The molecule has 0 radical (unpaired) electrons. The van der Waals surface area contributed by atoms with Crippen molar-refractivity contribution in [2.24, 2.45) is 5.73 Å². The molecule has 2 heterocycles. The lowest BCUT2D eigenvalue weighted by Crippen LogP contribution is -2.38. The molecule has 0 bridgehead atoms. The smallest absolute Gasteiger partial charge is 0.258 e. The molecule has 1 atom stereocenters. The molecule has 26 heavy (non-hydrogen) atoms. The molecule has 3 rings (SSSR count). The van der Waals surface area contributed by atoms with Crippen LogP contribution in [0.4, 0.5) is 0 Å². The second-order valence-electron chi connectivity index (χ2n) is 6.26. The van der Waals surface area contributed by atoms with Crippen LogP contribution in [-0.4, -0.2) is 43.0 Å². The highest BCUT2D eigenvalue weighted by molar-refractivity contribution is 7.10. The molecule has 1 fully saturated rings. The zero-order valence-corrected chi connectivity index (χ0v) is 15.3. The van der Waals surface area contributed by atoms with Crippen LogP contribution in [0.15, 0.2) is 41.8 Å². The summed E-state index contributed by atoms with van der Waals surface area (Å²) >= 11 is 1.72. The monoisotopic (exact) mass is 373 g/mol. The Morgan fingerprint density at radius 1 is 1.23 bits per heavy atom. The van der Waals surface area contributed by atoms with E-state index >= 15 is 0 Å². The number of amides is 2. The van der Waals surface area contributed by atoms with Gasteiger partial charge >= 0.3 is 0 Å². The fraction of sp³-hybridized carbons (Fsp3) is 0.368. The van der Waals surface area contributed by atoms with Crippen molar-refractivity contribution in [3.8, 4) is 5.75 Å². The third-order valence-electron chi connectivity index (χ3n) is 4.43. The van der Waals surface area contributed by atoms with Gasteiger partial charge in [0.2, 0.25) is 5.91 Å². The number of thiophene rings is 1. The third kappa shape index (κ3) is 4.83. The predicted molar refractivity (Wildman–Crippen MR) is 101 cm³/mol. The molecular weight excluding hydrogens is 350 g/mol. The number of carbonyl (C=O) groups excluding carboxylic acids is 2. The number of nitrogens with zero attached hydrogens (tertiary/aromatic N) is 1. The van der Waals surface area contributed by atoms with Gasteiger partial charge in [-0.25, -0.2) is 0 Å². The summed E-state index contributed by atoms with van der Waals surface area (Å²) < 4.78 is 5.48. The molecule has 6 nitrogen and oxygen atoms in total. The highest BCUT2D eigenvalue weighted by atomic mass is 32.1. The molecule has 3 N–H and O–H groups in total. The van der Waals surface area contributed by atoms with Crippen molar-refractivity contribution < 1.29 is 14.3 Å². The predicted octanol–water partition coefficient (Wildman–Crippen LogP) is 2.18.